The molecule has 0 aromatic carbocycles. The van der Waals surface area contributed by atoms with E-state index in [0.29, 0.717) is 24.7 Å². The van der Waals surface area contributed by atoms with Gasteiger partial charge in [-0.15, -0.1) is 12.4 Å². The lowest BCUT2D eigenvalue weighted by Gasteiger charge is -2.21. The van der Waals surface area contributed by atoms with E-state index in [1.54, 1.807) is 12.3 Å². The first-order valence-corrected chi connectivity index (χ1v) is 9.70. The molecule has 132 valence electrons. The summed E-state index contributed by atoms with van der Waals surface area (Å²) < 4.78 is 23.7. The molecule has 7 nitrogen and oxygen atoms in total. The highest BCUT2D eigenvalue weighted by atomic mass is 35.5. The number of nitrogens with zero attached hydrogens (tertiary/aromatic N) is 2. The van der Waals surface area contributed by atoms with Gasteiger partial charge in [-0.05, 0) is 38.3 Å². The van der Waals surface area contributed by atoms with Crippen molar-refractivity contribution in [3.63, 3.8) is 0 Å². The number of amides is 1. The molecular weight excluding hydrogens is 340 g/mol. The summed E-state index contributed by atoms with van der Waals surface area (Å²) in [5.74, 6) is 1.10. The highest BCUT2D eigenvalue weighted by Gasteiger charge is 2.15. The first-order valence-electron chi connectivity index (χ1n) is 7.64. The van der Waals surface area contributed by atoms with Gasteiger partial charge in [0.15, 0.2) is 5.82 Å². The Balaban J connectivity index is 0.00000264. The molecule has 9 heteroatoms. The zero-order valence-electron chi connectivity index (χ0n) is 13.3. The molecule has 0 aliphatic carbocycles. The minimum Gasteiger partial charge on any atom is -0.317 e. The Bertz CT molecular complexity index is 597. The number of hydrogen-bond acceptors (Lipinski definition) is 5. The molecule has 1 aliphatic heterocycles. The Kier molecular flexibility index (Phi) is 8.01. The maximum Gasteiger partial charge on any atom is 0.225 e. The Labute approximate surface area is 143 Å². The molecule has 0 spiro atoms. The lowest BCUT2D eigenvalue weighted by molar-refractivity contribution is -0.116. The van der Waals surface area contributed by atoms with Gasteiger partial charge in [0, 0.05) is 24.9 Å². The van der Waals surface area contributed by atoms with Crippen molar-refractivity contribution in [1.29, 1.82) is 0 Å². The average molecular weight is 365 g/mol. The van der Waals surface area contributed by atoms with Crippen LogP contribution in [0.2, 0.25) is 0 Å². The van der Waals surface area contributed by atoms with Crippen LogP contribution in [0, 0.1) is 5.92 Å². The molecule has 23 heavy (non-hydrogen) atoms. The zero-order valence-corrected chi connectivity index (χ0v) is 15.0. The third-order valence-electron chi connectivity index (χ3n) is 3.84. The molecule has 0 bridgehead atoms. The minimum absolute atomic E-state index is 0. The van der Waals surface area contributed by atoms with Gasteiger partial charge in [0.05, 0.1) is 12.3 Å². The third kappa shape index (κ3) is 7.81. The normalized spacial score (nSPS) is 15.9. The molecule has 0 unspecified atom stereocenters. The number of sulfone groups is 1. The summed E-state index contributed by atoms with van der Waals surface area (Å²) in [6, 6.07) is 1.69. The van der Waals surface area contributed by atoms with E-state index in [1.807, 2.05) is 0 Å². The van der Waals surface area contributed by atoms with Crippen molar-refractivity contribution in [2.45, 2.75) is 32.2 Å². The van der Waals surface area contributed by atoms with Gasteiger partial charge in [0.25, 0.3) is 0 Å². The number of halogens is 1. The molecule has 0 radical (unpaired) electrons. The lowest BCUT2D eigenvalue weighted by atomic mass is 9.93. The van der Waals surface area contributed by atoms with Crippen molar-refractivity contribution in [2.75, 3.05) is 30.4 Å². The molecule has 0 saturated carbocycles. The summed E-state index contributed by atoms with van der Waals surface area (Å²) in [6.45, 7) is 2.37. The predicted octanol–water partition coefficient (Wildman–Crippen LogP) is 1.07. The van der Waals surface area contributed by atoms with Gasteiger partial charge in [0.1, 0.15) is 9.84 Å². The Morgan fingerprint density at radius 1 is 1.43 bits per heavy atom. The Hall–Kier alpha value is -1.12. The van der Waals surface area contributed by atoms with Crippen LogP contribution in [-0.2, 0) is 21.2 Å². The lowest BCUT2D eigenvalue weighted by Crippen LogP contribution is -2.28. The van der Waals surface area contributed by atoms with Crippen LogP contribution in [-0.4, -0.2) is 49.2 Å². The quantitative estimate of drug-likeness (QED) is 0.754. The fourth-order valence-electron chi connectivity index (χ4n) is 2.52. The number of carbonyl (C=O) groups is 1. The fraction of sp³-hybridized carbons (Fsp3) is 0.714. The second-order valence-electron chi connectivity index (χ2n) is 5.87. The molecule has 0 atom stereocenters. The van der Waals surface area contributed by atoms with Gasteiger partial charge in [-0.1, -0.05) is 0 Å². The smallest absolute Gasteiger partial charge is 0.225 e. The standard InChI is InChI=1S/C14H24N4O3S.ClH/c1-22(20,21)11-10-18-9-6-13(17-18)16-14(19)3-2-12-4-7-15-8-5-12;/h6,9,12,15H,2-5,7-8,10-11H2,1H3,(H,16,17,19);1H. The molecular formula is C14H25ClN4O3S. The maximum absolute atomic E-state index is 11.9. The van der Waals surface area contributed by atoms with Gasteiger partial charge < -0.3 is 10.6 Å². The number of hydrogen-bond donors (Lipinski definition) is 2. The van der Waals surface area contributed by atoms with Crippen LogP contribution in [0.15, 0.2) is 12.3 Å². The highest BCUT2D eigenvalue weighted by molar-refractivity contribution is 7.90. The monoisotopic (exact) mass is 364 g/mol. The van der Waals surface area contributed by atoms with Crippen LogP contribution in [0.3, 0.4) is 0 Å². The highest BCUT2D eigenvalue weighted by Crippen LogP contribution is 2.18. The first-order chi connectivity index (χ1) is 10.4. The van der Waals surface area contributed by atoms with E-state index in [1.165, 1.54) is 10.9 Å². The molecule has 2 N–H and O–H groups in total. The molecule has 2 heterocycles. The van der Waals surface area contributed by atoms with Crippen LogP contribution in [0.1, 0.15) is 25.7 Å². The van der Waals surface area contributed by atoms with Crippen LogP contribution < -0.4 is 10.6 Å². The van der Waals surface area contributed by atoms with E-state index in [-0.39, 0.29) is 24.1 Å². The van der Waals surface area contributed by atoms with Gasteiger partial charge in [-0.3, -0.25) is 9.48 Å². The largest absolute Gasteiger partial charge is 0.317 e. The van der Waals surface area contributed by atoms with Gasteiger partial charge in [0.2, 0.25) is 5.91 Å². The molecule has 2 rings (SSSR count). The van der Waals surface area contributed by atoms with E-state index >= 15 is 0 Å². The van der Waals surface area contributed by atoms with Crippen molar-refractivity contribution >= 4 is 34.0 Å². The molecule has 1 aromatic rings. The van der Waals surface area contributed by atoms with Crippen LogP contribution in [0.4, 0.5) is 5.82 Å². The first kappa shape index (κ1) is 19.9. The third-order valence-corrected chi connectivity index (χ3v) is 4.76. The molecule has 1 saturated heterocycles. The summed E-state index contributed by atoms with van der Waals surface area (Å²) in [6.07, 6.45) is 6.54. The maximum atomic E-state index is 11.9. The average Bonchev–Trinajstić information content (AvgIpc) is 2.91. The van der Waals surface area contributed by atoms with Gasteiger partial charge in [-0.25, -0.2) is 8.42 Å². The number of nitrogens with one attached hydrogen (secondary N) is 2. The van der Waals surface area contributed by atoms with Crippen molar-refractivity contribution in [3.8, 4) is 0 Å². The van der Waals surface area contributed by atoms with Crippen molar-refractivity contribution in [3.05, 3.63) is 12.3 Å². The topological polar surface area (TPSA) is 93.1 Å². The number of anilines is 1. The molecule has 1 fully saturated rings. The molecule has 1 aliphatic rings. The van der Waals surface area contributed by atoms with Crippen LogP contribution in [0.25, 0.3) is 0 Å². The van der Waals surface area contributed by atoms with E-state index in [0.717, 1.165) is 32.4 Å². The molecule has 1 amide bonds. The SMILES string of the molecule is CS(=O)(=O)CCn1ccc(NC(=O)CCC2CCNCC2)n1.Cl. The van der Waals surface area contributed by atoms with Crippen molar-refractivity contribution in [1.82, 2.24) is 15.1 Å². The van der Waals surface area contributed by atoms with E-state index < -0.39 is 9.84 Å². The number of piperidine rings is 1. The van der Waals surface area contributed by atoms with E-state index in [2.05, 4.69) is 15.7 Å². The summed E-state index contributed by atoms with van der Waals surface area (Å²) in [5.41, 5.74) is 0. The summed E-state index contributed by atoms with van der Waals surface area (Å²) in [7, 11) is -3.01. The Morgan fingerprint density at radius 3 is 2.78 bits per heavy atom. The summed E-state index contributed by atoms with van der Waals surface area (Å²) in [5, 5.41) is 10.2. The number of aromatic nitrogens is 2. The molecule has 1 aromatic heterocycles. The van der Waals surface area contributed by atoms with Gasteiger partial charge in [-0.2, -0.15) is 5.10 Å². The minimum atomic E-state index is -3.01. The second-order valence-corrected chi connectivity index (χ2v) is 8.13. The van der Waals surface area contributed by atoms with Crippen LogP contribution >= 0.6 is 12.4 Å². The van der Waals surface area contributed by atoms with Crippen LogP contribution in [0.5, 0.6) is 0 Å². The van der Waals surface area contributed by atoms with Crippen molar-refractivity contribution < 1.29 is 13.2 Å². The zero-order chi connectivity index (χ0) is 16.0. The number of rotatable bonds is 7. The fourth-order valence-corrected chi connectivity index (χ4v) is 3.04. The second kappa shape index (κ2) is 9.24. The number of aryl methyl sites for hydroxylation is 1. The number of carbonyl (C=O) groups excluding carboxylic acids is 1. The summed E-state index contributed by atoms with van der Waals surface area (Å²) >= 11 is 0. The summed E-state index contributed by atoms with van der Waals surface area (Å²) in [4.78, 5) is 11.9. The van der Waals surface area contributed by atoms with E-state index in [4.69, 9.17) is 0 Å². The van der Waals surface area contributed by atoms with Crippen molar-refractivity contribution in [2.24, 2.45) is 5.92 Å². The van der Waals surface area contributed by atoms with Gasteiger partial charge >= 0.3 is 0 Å². The van der Waals surface area contributed by atoms with E-state index in [9.17, 15) is 13.2 Å². The Morgan fingerprint density at radius 2 is 2.13 bits per heavy atom. The predicted molar refractivity (Wildman–Crippen MR) is 92.6 cm³/mol.